The van der Waals surface area contributed by atoms with Crippen LogP contribution in [0.1, 0.15) is 39.7 Å². The summed E-state index contributed by atoms with van der Waals surface area (Å²) in [6.07, 6.45) is 7.64. The SMILES string of the molecule is C=C.CC.CC/C=C\C=C(/C)B(C)c1ccccc1.Cc1ccccc1. The molecule has 0 atom stereocenters. The molecule has 0 heterocycles. The molecule has 26 heavy (non-hydrogen) atoms. The van der Waals surface area contributed by atoms with Crippen molar-refractivity contribution in [3.8, 4) is 0 Å². The van der Waals surface area contributed by atoms with Crippen molar-refractivity contribution in [2.24, 2.45) is 0 Å². The largest absolute Gasteiger partial charge is 0.200 e. The van der Waals surface area contributed by atoms with E-state index >= 15 is 0 Å². The molecule has 0 amide bonds. The standard InChI is InChI=1S/C14H19B.C7H8.C2H6.C2H4/c1-4-5-7-10-13(2)15(3)14-11-8-6-9-12-14;1-7-5-3-2-4-6-7;2*1-2/h5-12H,4H2,1-3H3;2-6H,1H3;1-2H3;1-2H2/b7-5-,13-10+;;;. The molecule has 140 valence electrons. The zero-order valence-corrected chi connectivity index (χ0v) is 17.7. The Labute approximate surface area is 163 Å². The number of allylic oxidation sites excluding steroid dienone is 4. The molecule has 0 aliphatic carbocycles. The van der Waals surface area contributed by atoms with Crippen molar-refractivity contribution >= 4 is 12.2 Å². The van der Waals surface area contributed by atoms with Crippen LogP contribution >= 0.6 is 0 Å². The van der Waals surface area contributed by atoms with Gasteiger partial charge < -0.3 is 0 Å². The van der Waals surface area contributed by atoms with Gasteiger partial charge in [0.15, 0.2) is 0 Å². The van der Waals surface area contributed by atoms with Gasteiger partial charge in [-0.2, -0.15) is 0 Å². The molecule has 2 rings (SSSR count). The van der Waals surface area contributed by atoms with E-state index in [0.29, 0.717) is 6.71 Å². The monoisotopic (exact) mass is 348 g/mol. The fraction of sp³-hybridized carbons (Fsp3) is 0.280. The smallest absolute Gasteiger partial charge is 0.106 e. The first-order chi connectivity index (χ1) is 12.6. The molecular formula is C25H37B. The minimum absolute atomic E-state index is 0.507. The van der Waals surface area contributed by atoms with Crippen LogP contribution in [0.3, 0.4) is 0 Å². The normalized spacial score (nSPS) is 9.69. The molecule has 0 aliphatic rings. The number of hydrogen-bond donors (Lipinski definition) is 0. The first-order valence-electron chi connectivity index (χ1n) is 9.55. The highest BCUT2D eigenvalue weighted by molar-refractivity contribution is 6.78. The topological polar surface area (TPSA) is 0 Å². The molecule has 0 saturated heterocycles. The Bertz CT molecular complexity index is 582. The summed E-state index contributed by atoms with van der Waals surface area (Å²) >= 11 is 0. The van der Waals surface area contributed by atoms with Crippen LogP contribution in [0.4, 0.5) is 0 Å². The van der Waals surface area contributed by atoms with Crippen molar-refractivity contribution in [2.75, 3.05) is 0 Å². The van der Waals surface area contributed by atoms with Gasteiger partial charge in [-0.05, 0) is 13.3 Å². The van der Waals surface area contributed by atoms with E-state index in [1.807, 2.05) is 32.0 Å². The van der Waals surface area contributed by atoms with E-state index in [1.165, 1.54) is 16.5 Å². The Morgan fingerprint density at radius 3 is 1.77 bits per heavy atom. The fourth-order valence-electron chi connectivity index (χ4n) is 2.04. The molecule has 0 radical (unpaired) electrons. The van der Waals surface area contributed by atoms with Crippen LogP contribution in [0, 0.1) is 6.92 Å². The molecule has 0 unspecified atom stereocenters. The molecule has 1 heteroatoms. The molecule has 0 N–H and O–H groups in total. The Hall–Kier alpha value is -2.28. The van der Waals surface area contributed by atoms with Crippen molar-refractivity contribution in [3.05, 3.63) is 103 Å². The predicted molar refractivity (Wildman–Crippen MR) is 125 cm³/mol. The van der Waals surface area contributed by atoms with Gasteiger partial charge in [-0.15, -0.1) is 13.2 Å². The third-order valence-corrected chi connectivity index (χ3v) is 3.65. The Balaban J connectivity index is 0. The summed E-state index contributed by atoms with van der Waals surface area (Å²) < 4.78 is 0. The number of hydrogen-bond acceptors (Lipinski definition) is 0. The highest BCUT2D eigenvalue weighted by Gasteiger charge is 2.10. The third-order valence-electron chi connectivity index (χ3n) is 3.65. The average Bonchev–Trinajstić information content (AvgIpc) is 2.72. The quantitative estimate of drug-likeness (QED) is 0.309. The van der Waals surface area contributed by atoms with Gasteiger partial charge in [0.2, 0.25) is 6.71 Å². The van der Waals surface area contributed by atoms with Crippen LogP contribution in [0.25, 0.3) is 0 Å². The lowest BCUT2D eigenvalue weighted by atomic mass is 9.42. The third kappa shape index (κ3) is 13.1. The van der Waals surface area contributed by atoms with Crippen LogP contribution in [0.5, 0.6) is 0 Å². The fourth-order valence-corrected chi connectivity index (χ4v) is 2.04. The highest BCUT2D eigenvalue weighted by Crippen LogP contribution is 2.01. The predicted octanol–water partition coefficient (Wildman–Crippen LogP) is 7.29. The summed E-state index contributed by atoms with van der Waals surface area (Å²) in [5, 5.41) is 0. The molecule has 0 aliphatic heterocycles. The van der Waals surface area contributed by atoms with Gasteiger partial charge in [0.1, 0.15) is 0 Å². The zero-order valence-electron chi connectivity index (χ0n) is 17.7. The second-order valence-corrected chi connectivity index (χ2v) is 5.53. The van der Waals surface area contributed by atoms with Gasteiger partial charge in [-0.1, -0.05) is 130 Å². The maximum atomic E-state index is 3.00. The highest BCUT2D eigenvalue weighted by atomic mass is 13.9. The van der Waals surface area contributed by atoms with Crippen LogP contribution in [-0.4, -0.2) is 6.71 Å². The Morgan fingerprint density at radius 1 is 0.923 bits per heavy atom. The van der Waals surface area contributed by atoms with E-state index in [9.17, 15) is 0 Å². The molecule has 0 spiro atoms. The van der Waals surface area contributed by atoms with Crippen molar-refractivity contribution in [1.82, 2.24) is 0 Å². The van der Waals surface area contributed by atoms with Gasteiger partial charge in [0.25, 0.3) is 0 Å². The van der Waals surface area contributed by atoms with E-state index < -0.39 is 0 Å². The Morgan fingerprint density at radius 2 is 1.38 bits per heavy atom. The van der Waals surface area contributed by atoms with Crippen LogP contribution < -0.4 is 5.46 Å². The van der Waals surface area contributed by atoms with Crippen molar-refractivity contribution < 1.29 is 0 Å². The van der Waals surface area contributed by atoms with Gasteiger partial charge in [-0.3, -0.25) is 0 Å². The van der Waals surface area contributed by atoms with Crippen LogP contribution in [-0.2, 0) is 0 Å². The number of benzene rings is 2. The molecule has 0 saturated carbocycles. The lowest BCUT2D eigenvalue weighted by molar-refractivity contribution is 1.22. The van der Waals surface area contributed by atoms with Crippen molar-refractivity contribution in [2.45, 2.75) is 47.9 Å². The molecular weight excluding hydrogens is 311 g/mol. The molecule has 2 aromatic rings. The summed E-state index contributed by atoms with van der Waals surface area (Å²) in [4.78, 5) is 0. The lowest BCUT2D eigenvalue weighted by Gasteiger charge is -2.08. The molecule has 2 aromatic carbocycles. The number of aryl methyl sites for hydroxylation is 1. The first-order valence-corrected chi connectivity index (χ1v) is 9.55. The minimum atomic E-state index is 0.507. The van der Waals surface area contributed by atoms with Crippen molar-refractivity contribution in [1.29, 1.82) is 0 Å². The summed E-state index contributed by atoms with van der Waals surface area (Å²) in [5.41, 5.74) is 4.12. The van der Waals surface area contributed by atoms with E-state index in [2.05, 4.69) is 101 Å². The number of rotatable bonds is 4. The minimum Gasteiger partial charge on any atom is -0.106 e. The summed E-state index contributed by atoms with van der Waals surface area (Å²) in [5.74, 6) is 0. The molecule has 0 fully saturated rings. The maximum Gasteiger partial charge on any atom is 0.200 e. The van der Waals surface area contributed by atoms with E-state index in [0.717, 1.165) is 6.42 Å². The van der Waals surface area contributed by atoms with Crippen LogP contribution in [0.15, 0.2) is 97.5 Å². The lowest BCUT2D eigenvalue weighted by Crippen LogP contribution is -2.27. The first kappa shape index (κ1) is 26.0. The summed E-state index contributed by atoms with van der Waals surface area (Å²) in [6.45, 7) is 19.2. The van der Waals surface area contributed by atoms with Crippen molar-refractivity contribution in [3.63, 3.8) is 0 Å². The molecule has 0 bridgehead atoms. The van der Waals surface area contributed by atoms with E-state index in [4.69, 9.17) is 0 Å². The average molecular weight is 348 g/mol. The maximum absolute atomic E-state index is 3.00. The van der Waals surface area contributed by atoms with Gasteiger partial charge in [0, 0.05) is 0 Å². The summed E-state index contributed by atoms with van der Waals surface area (Å²) in [6, 6.07) is 20.9. The van der Waals surface area contributed by atoms with Gasteiger partial charge in [0.05, 0.1) is 0 Å². The van der Waals surface area contributed by atoms with Gasteiger partial charge in [-0.25, -0.2) is 0 Å². The second kappa shape index (κ2) is 19.1. The Kier molecular flexibility index (Phi) is 19.0. The zero-order chi connectivity index (χ0) is 20.2. The second-order valence-electron chi connectivity index (χ2n) is 5.53. The van der Waals surface area contributed by atoms with Gasteiger partial charge >= 0.3 is 0 Å². The molecule has 0 nitrogen and oxygen atoms in total. The van der Waals surface area contributed by atoms with E-state index in [1.54, 1.807) is 0 Å². The van der Waals surface area contributed by atoms with E-state index in [-0.39, 0.29) is 0 Å². The summed E-state index contributed by atoms with van der Waals surface area (Å²) in [7, 11) is 0. The van der Waals surface area contributed by atoms with Crippen LogP contribution in [0.2, 0.25) is 6.82 Å². The molecule has 0 aromatic heterocycles.